The summed E-state index contributed by atoms with van der Waals surface area (Å²) < 4.78 is 24.7. The van der Waals surface area contributed by atoms with Gasteiger partial charge < -0.3 is 9.47 Å². The first-order valence-corrected chi connectivity index (χ1v) is 7.08. The Balaban J connectivity index is 1.89. The number of benzene rings is 2. The first kappa shape index (κ1) is 15.7. The number of Topliss-reactive ketones (excluding diaryl/α,β-unsaturated/α-hetero) is 1. The van der Waals surface area contributed by atoms with Crippen molar-refractivity contribution in [3.05, 3.63) is 63.9 Å². The maximum Gasteiger partial charge on any atom is 0.188 e. The van der Waals surface area contributed by atoms with Crippen LogP contribution in [0.3, 0.4) is 0 Å². The number of methoxy groups -OCH3 is 1. The molecule has 0 saturated heterocycles. The largest absolute Gasteiger partial charge is 0.494 e. The highest BCUT2D eigenvalue weighted by molar-refractivity contribution is 9.10. The zero-order valence-electron chi connectivity index (χ0n) is 11.4. The molecule has 0 aliphatic heterocycles. The first-order valence-electron chi connectivity index (χ1n) is 6.29. The minimum atomic E-state index is -0.559. The molecule has 3 nitrogen and oxygen atoms in total. The van der Waals surface area contributed by atoms with Crippen LogP contribution in [0, 0.1) is 5.82 Å². The average Bonchev–Trinajstić information content (AvgIpc) is 2.49. The van der Waals surface area contributed by atoms with Gasteiger partial charge in [0.1, 0.15) is 6.61 Å². The highest BCUT2D eigenvalue weighted by atomic mass is 79.9. The maximum absolute atomic E-state index is 13.5. The van der Waals surface area contributed by atoms with E-state index in [1.165, 1.54) is 19.2 Å². The van der Waals surface area contributed by atoms with Crippen LogP contribution in [0.1, 0.15) is 15.9 Å². The van der Waals surface area contributed by atoms with Crippen LogP contribution in [0.15, 0.2) is 46.9 Å². The maximum atomic E-state index is 13.5. The summed E-state index contributed by atoms with van der Waals surface area (Å²) in [5.74, 6) is -0.716. The molecule has 0 aliphatic rings. The number of ketones is 1. The van der Waals surface area contributed by atoms with Gasteiger partial charge in [-0.2, -0.15) is 0 Å². The monoisotopic (exact) mass is 352 g/mol. The lowest BCUT2D eigenvalue weighted by Gasteiger charge is -2.06. The normalized spacial score (nSPS) is 10.4. The van der Waals surface area contributed by atoms with Crippen molar-refractivity contribution in [1.29, 1.82) is 0 Å². The summed E-state index contributed by atoms with van der Waals surface area (Å²) in [6.07, 6.45) is 0. The number of hydrogen-bond donors (Lipinski definition) is 0. The fraction of sp³-hybridized carbons (Fsp3) is 0.188. The predicted molar refractivity (Wildman–Crippen MR) is 81.1 cm³/mol. The van der Waals surface area contributed by atoms with E-state index in [1.54, 1.807) is 0 Å². The number of rotatable bonds is 6. The van der Waals surface area contributed by atoms with Gasteiger partial charge in [-0.3, -0.25) is 4.79 Å². The third-order valence-electron chi connectivity index (χ3n) is 2.89. The summed E-state index contributed by atoms with van der Waals surface area (Å²) in [4.78, 5) is 11.9. The van der Waals surface area contributed by atoms with E-state index in [4.69, 9.17) is 9.47 Å². The van der Waals surface area contributed by atoms with Crippen molar-refractivity contribution in [3.8, 4) is 5.75 Å². The standard InChI is InChI=1S/C16H14BrFO3/c1-20-16-7-4-12(8-14(16)18)15(19)10-21-9-11-2-5-13(17)6-3-11/h2-8H,9-10H2,1H3. The molecule has 0 radical (unpaired) electrons. The van der Waals surface area contributed by atoms with E-state index in [9.17, 15) is 9.18 Å². The van der Waals surface area contributed by atoms with Crippen molar-refractivity contribution in [1.82, 2.24) is 0 Å². The van der Waals surface area contributed by atoms with Gasteiger partial charge >= 0.3 is 0 Å². The van der Waals surface area contributed by atoms with Crippen molar-refractivity contribution >= 4 is 21.7 Å². The zero-order valence-corrected chi connectivity index (χ0v) is 13.0. The second-order valence-electron chi connectivity index (χ2n) is 4.39. The molecule has 0 atom stereocenters. The lowest BCUT2D eigenvalue weighted by atomic mass is 10.1. The minimum Gasteiger partial charge on any atom is -0.494 e. The van der Waals surface area contributed by atoms with Crippen LogP contribution in [0.5, 0.6) is 5.75 Å². The molecule has 0 saturated carbocycles. The number of carbonyl (C=O) groups is 1. The Hall–Kier alpha value is -1.72. The van der Waals surface area contributed by atoms with Gasteiger partial charge in [-0.15, -0.1) is 0 Å². The fourth-order valence-corrected chi connectivity index (χ4v) is 2.03. The summed E-state index contributed by atoms with van der Waals surface area (Å²) in [6.45, 7) is 0.236. The molecule has 0 spiro atoms. The van der Waals surface area contributed by atoms with Gasteiger partial charge in [0.15, 0.2) is 17.3 Å². The third-order valence-corrected chi connectivity index (χ3v) is 3.42. The van der Waals surface area contributed by atoms with Gasteiger partial charge in [-0.25, -0.2) is 4.39 Å². The molecule has 0 fully saturated rings. The van der Waals surface area contributed by atoms with Gasteiger partial charge in [0.2, 0.25) is 0 Å². The van der Waals surface area contributed by atoms with Crippen LogP contribution in [0.25, 0.3) is 0 Å². The molecule has 0 N–H and O–H groups in total. The Bertz CT molecular complexity index is 626. The smallest absolute Gasteiger partial charge is 0.188 e. The van der Waals surface area contributed by atoms with Gasteiger partial charge in [0.25, 0.3) is 0 Å². The molecule has 0 unspecified atom stereocenters. The van der Waals surface area contributed by atoms with Gasteiger partial charge in [0.05, 0.1) is 13.7 Å². The molecule has 0 bridgehead atoms. The van der Waals surface area contributed by atoms with E-state index >= 15 is 0 Å². The van der Waals surface area contributed by atoms with E-state index < -0.39 is 5.82 Å². The number of halogens is 2. The molecular formula is C16H14BrFO3. The summed E-state index contributed by atoms with van der Waals surface area (Å²) in [5, 5.41) is 0. The molecule has 0 amide bonds. The molecule has 2 aromatic carbocycles. The predicted octanol–water partition coefficient (Wildman–Crippen LogP) is 4.00. The summed E-state index contributed by atoms with van der Waals surface area (Å²) >= 11 is 3.35. The van der Waals surface area contributed by atoms with Crippen LogP contribution in [0.4, 0.5) is 4.39 Å². The highest BCUT2D eigenvalue weighted by Crippen LogP contribution is 2.18. The third kappa shape index (κ3) is 4.37. The molecule has 5 heteroatoms. The van der Waals surface area contributed by atoms with Gasteiger partial charge in [0, 0.05) is 10.0 Å². The molecule has 0 aliphatic carbocycles. The Morgan fingerprint density at radius 1 is 1.19 bits per heavy atom. The van der Waals surface area contributed by atoms with E-state index in [0.717, 1.165) is 16.1 Å². The topological polar surface area (TPSA) is 35.5 Å². The quantitative estimate of drug-likeness (QED) is 0.737. The zero-order chi connectivity index (χ0) is 15.2. The second-order valence-corrected chi connectivity index (χ2v) is 5.31. The van der Waals surface area contributed by atoms with Crippen LogP contribution in [0.2, 0.25) is 0 Å². The molecule has 0 heterocycles. The molecule has 0 aromatic heterocycles. The Kier molecular flexibility index (Phi) is 5.47. The fourth-order valence-electron chi connectivity index (χ4n) is 1.77. The number of ether oxygens (including phenoxy) is 2. The summed E-state index contributed by atoms with van der Waals surface area (Å²) in [6, 6.07) is 11.7. The van der Waals surface area contributed by atoms with E-state index in [2.05, 4.69) is 15.9 Å². The Labute approximate surface area is 130 Å². The van der Waals surface area contributed by atoms with Crippen LogP contribution >= 0.6 is 15.9 Å². The first-order chi connectivity index (χ1) is 10.1. The average molecular weight is 353 g/mol. The van der Waals surface area contributed by atoms with Gasteiger partial charge in [-0.05, 0) is 35.9 Å². The van der Waals surface area contributed by atoms with Crippen molar-refractivity contribution in [3.63, 3.8) is 0 Å². The number of carbonyl (C=O) groups excluding carboxylic acids is 1. The molecule has 110 valence electrons. The second kappa shape index (κ2) is 7.33. The van der Waals surface area contributed by atoms with E-state index in [0.29, 0.717) is 6.61 Å². The lowest BCUT2D eigenvalue weighted by Crippen LogP contribution is -2.09. The van der Waals surface area contributed by atoms with Crippen molar-refractivity contribution in [2.24, 2.45) is 0 Å². The van der Waals surface area contributed by atoms with Crippen molar-refractivity contribution < 1.29 is 18.7 Å². The van der Waals surface area contributed by atoms with Crippen LogP contribution < -0.4 is 4.74 Å². The summed E-state index contributed by atoms with van der Waals surface area (Å²) in [5.41, 5.74) is 1.23. The van der Waals surface area contributed by atoms with Crippen LogP contribution in [-0.2, 0) is 11.3 Å². The Morgan fingerprint density at radius 2 is 1.90 bits per heavy atom. The number of hydrogen-bond acceptors (Lipinski definition) is 3. The van der Waals surface area contributed by atoms with Crippen molar-refractivity contribution in [2.45, 2.75) is 6.61 Å². The molecule has 2 aromatic rings. The van der Waals surface area contributed by atoms with Crippen molar-refractivity contribution in [2.75, 3.05) is 13.7 Å². The highest BCUT2D eigenvalue weighted by Gasteiger charge is 2.10. The van der Waals surface area contributed by atoms with E-state index in [1.807, 2.05) is 24.3 Å². The van der Waals surface area contributed by atoms with Gasteiger partial charge in [-0.1, -0.05) is 28.1 Å². The molecular weight excluding hydrogens is 339 g/mol. The van der Waals surface area contributed by atoms with Crippen LogP contribution in [-0.4, -0.2) is 19.5 Å². The van der Waals surface area contributed by atoms with E-state index in [-0.39, 0.29) is 23.7 Å². The molecule has 21 heavy (non-hydrogen) atoms. The minimum absolute atomic E-state index is 0.0954. The SMILES string of the molecule is COc1ccc(C(=O)COCc2ccc(Br)cc2)cc1F. The lowest BCUT2D eigenvalue weighted by molar-refractivity contribution is 0.0726. The Morgan fingerprint density at radius 3 is 2.52 bits per heavy atom. The molecule has 2 rings (SSSR count). The summed E-state index contributed by atoms with van der Waals surface area (Å²) in [7, 11) is 1.38.